The van der Waals surface area contributed by atoms with Gasteiger partial charge in [-0.1, -0.05) is 26.7 Å². The molecule has 0 aromatic rings. The highest BCUT2D eigenvalue weighted by molar-refractivity contribution is 5.81. The molecule has 14 heavy (non-hydrogen) atoms. The van der Waals surface area contributed by atoms with Crippen molar-refractivity contribution >= 4 is 5.97 Å². The van der Waals surface area contributed by atoms with E-state index in [9.17, 15) is 4.79 Å². The van der Waals surface area contributed by atoms with Crippen LogP contribution < -0.4 is 5.32 Å². The molecule has 0 saturated heterocycles. The van der Waals surface area contributed by atoms with Crippen molar-refractivity contribution in [3.63, 3.8) is 0 Å². The van der Waals surface area contributed by atoms with Gasteiger partial charge < -0.3 is 10.1 Å². The number of hydrogen-bond acceptors (Lipinski definition) is 3. The molecule has 1 aliphatic rings. The first-order valence-corrected chi connectivity index (χ1v) is 5.44. The Bertz CT molecular complexity index is 195. The third-order valence-corrected chi connectivity index (χ3v) is 2.88. The van der Waals surface area contributed by atoms with Gasteiger partial charge in [0.1, 0.15) is 5.54 Å². The van der Waals surface area contributed by atoms with Gasteiger partial charge in [0, 0.05) is 0 Å². The quantitative estimate of drug-likeness (QED) is 0.701. The summed E-state index contributed by atoms with van der Waals surface area (Å²) in [6.45, 7) is 5.18. The van der Waals surface area contributed by atoms with Gasteiger partial charge in [-0.25, -0.2) is 0 Å². The van der Waals surface area contributed by atoms with Gasteiger partial charge >= 0.3 is 5.97 Å². The molecule has 0 amide bonds. The molecule has 0 aliphatic heterocycles. The summed E-state index contributed by atoms with van der Waals surface area (Å²) in [7, 11) is 1.47. The van der Waals surface area contributed by atoms with Crippen LogP contribution >= 0.6 is 0 Å². The van der Waals surface area contributed by atoms with Crippen molar-refractivity contribution in [3.8, 4) is 0 Å². The highest BCUT2D eigenvalue weighted by atomic mass is 16.5. The summed E-state index contributed by atoms with van der Waals surface area (Å²) in [5.74, 6) is 0.479. The predicted octanol–water partition coefficient (Wildman–Crippen LogP) is 1.72. The van der Waals surface area contributed by atoms with E-state index in [4.69, 9.17) is 4.74 Å². The summed E-state index contributed by atoms with van der Waals surface area (Å²) in [5, 5.41) is 3.37. The van der Waals surface area contributed by atoms with Crippen LogP contribution in [0.3, 0.4) is 0 Å². The summed E-state index contributed by atoms with van der Waals surface area (Å²) < 4.78 is 4.87. The lowest BCUT2D eigenvalue weighted by atomic mass is 9.97. The molecule has 3 nitrogen and oxygen atoms in total. The highest BCUT2D eigenvalue weighted by Gasteiger charge is 2.41. The van der Waals surface area contributed by atoms with E-state index in [-0.39, 0.29) is 11.5 Å². The van der Waals surface area contributed by atoms with Crippen molar-refractivity contribution in [3.05, 3.63) is 0 Å². The molecule has 1 fully saturated rings. The number of carbonyl (C=O) groups excluding carboxylic acids is 1. The summed E-state index contributed by atoms with van der Waals surface area (Å²) in [6, 6.07) is 0. The van der Waals surface area contributed by atoms with Crippen molar-refractivity contribution in [2.45, 2.75) is 45.1 Å². The fourth-order valence-corrected chi connectivity index (χ4v) is 2.03. The second-order valence-electron chi connectivity index (χ2n) is 4.56. The number of hydrogen-bond donors (Lipinski definition) is 1. The molecule has 0 aromatic heterocycles. The molecule has 1 N–H and O–H groups in total. The maximum absolute atomic E-state index is 11.7. The van der Waals surface area contributed by atoms with Gasteiger partial charge in [0.25, 0.3) is 0 Å². The van der Waals surface area contributed by atoms with Crippen molar-refractivity contribution in [2.75, 3.05) is 13.7 Å². The lowest BCUT2D eigenvalue weighted by Gasteiger charge is -2.28. The number of esters is 1. The Kier molecular flexibility index (Phi) is 3.93. The van der Waals surface area contributed by atoms with E-state index in [1.54, 1.807) is 0 Å². The van der Waals surface area contributed by atoms with Crippen LogP contribution in [0.4, 0.5) is 0 Å². The van der Waals surface area contributed by atoms with Crippen LogP contribution in [0.25, 0.3) is 0 Å². The molecule has 82 valence electrons. The van der Waals surface area contributed by atoms with Gasteiger partial charge in [-0.05, 0) is 25.3 Å². The van der Waals surface area contributed by atoms with Crippen LogP contribution in [-0.4, -0.2) is 25.2 Å². The van der Waals surface area contributed by atoms with E-state index in [1.807, 2.05) is 0 Å². The molecular formula is C11H21NO2. The molecule has 0 atom stereocenters. The van der Waals surface area contributed by atoms with Crippen molar-refractivity contribution < 1.29 is 9.53 Å². The number of nitrogens with one attached hydrogen (secondary N) is 1. The van der Waals surface area contributed by atoms with Crippen LogP contribution in [0.15, 0.2) is 0 Å². The van der Waals surface area contributed by atoms with E-state index >= 15 is 0 Å². The van der Waals surface area contributed by atoms with Crippen LogP contribution in [0, 0.1) is 5.92 Å². The predicted molar refractivity (Wildman–Crippen MR) is 56.1 cm³/mol. The summed E-state index contributed by atoms with van der Waals surface area (Å²) in [6.07, 6.45) is 4.10. The first-order chi connectivity index (χ1) is 6.60. The van der Waals surface area contributed by atoms with E-state index in [1.165, 1.54) is 7.11 Å². The standard InChI is InChI=1S/C11H21NO2/c1-9(2)8-12-11(10(13)14-3)6-4-5-7-11/h9,12H,4-8H2,1-3H3. The molecule has 1 saturated carbocycles. The summed E-state index contributed by atoms with van der Waals surface area (Å²) in [4.78, 5) is 11.7. The lowest BCUT2D eigenvalue weighted by Crippen LogP contribution is -2.51. The lowest BCUT2D eigenvalue weighted by molar-refractivity contribution is -0.148. The Morgan fingerprint density at radius 2 is 2.00 bits per heavy atom. The fourth-order valence-electron chi connectivity index (χ4n) is 2.03. The zero-order valence-corrected chi connectivity index (χ0v) is 9.43. The molecule has 1 rings (SSSR count). The normalized spacial score (nSPS) is 20.0. The van der Waals surface area contributed by atoms with Crippen LogP contribution in [-0.2, 0) is 9.53 Å². The monoisotopic (exact) mass is 199 g/mol. The third kappa shape index (κ3) is 2.47. The topological polar surface area (TPSA) is 38.3 Å². The molecule has 0 heterocycles. The minimum atomic E-state index is -0.376. The minimum Gasteiger partial charge on any atom is -0.468 e. The number of methoxy groups -OCH3 is 1. The second kappa shape index (κ2) is 4.78. The maximum Gasteiger partial charge on any atom is 0.326 e. The summed E-state index contributed by atoms with van der Waals surface area (Å²) >= 11 is 0. The smallest absolute Gasteiger partial charge is 0.326 e. The van der Waals surface area contributed by atoms with Gasteiger partial charge in [-0.2, -0.15) is 0 Å². The molecule has 0 unspecified atom stereocenters. The maximum atomic E-state index is 11.7. The Balaban J connectivity index is 2.57. The zero-order valence-electron chi connectivity index (χ0n) is 9.43. The molecule has 0 aromatic carbocycles. The molecule has 3 heteroatoms. The van der Waals surface area contributed by atoms with Crippen LogP contribution in [0.2, 0.25) is 0 Å². The van der Waals surface area contributed by atoms with E-state index < -0.39 is 0 Å². The Hall–Kier alpha value is -0.570. The SMILES string of the molecule is COC(=O)C1(NCC(C)C)CCCC1. The van der Waals surface area contributed by atoms with Gasteiger partial charge in [0.05, 0.1) is 7.11 Å². The average Bonchev–Trinajstić information content (AvgIpc) is 2.63. The zero-order chi connectivity index (χ0) is 10.6. The Morgan fingerprint density at radius 1 is 1.43 bits per heavy atom. The van der Waals surface area contributed by atoms with Gasteiger partial charge in [0.15, 0.2) is 0 Å². The first kappa shape index (κ1) is 11.5. The molecule has 0 bridgehead atoms. The van der Waals surface area contributed by atoms with Crippen molar-refractivity contribution in [1.29, 1.82) is 0 Å². The van der Waals surface area contributed by atoms with Gasteiger partial charge in [0.2, 0.25) is 0 Å². The largest absolute Gasteiger partial charge is 0.468 e. The molecule has 0 spiro atoms. The van der Waals surface area contributed by atoms with E-state index in [2.05, 4.69) is 19.2 Å². The van der Waals surface area contributed by atoms with Gasteiger partial charge in [-0.3, -0.25) is 4.79 Å². The highest BCUT2D eigenvalue weighted by Crippen LogP contribution is 2.30. The Labute approximate surface area is 86.2 Å². The summed E-state index contributed by atoms with van der Waals surface area (Å²) in [5.41, 5.74) is -0.376. The Morgan fingerprint density at radius 3 is 2.43 bits per heavy atom. The van der Waals surface area contributed by atoms with E-state index in [0.29, 0.717) is 5.92 Å². The van der Waals surface area contributed by atoms with Gasteiger partial charge in [-0.15, -0.1) is 0 Å². The minimum absolute atomic E-state index is 0.0874. The van der Waals surface area contributed by atoms with E-state index in [0.717, 1.165) is 32.2 Å². The fraction of sp³-hybridized carbons (Fsp3) is 0.909. The van der Waals surface area contributed by atoms with Crippen molar-refractivity contribution in [2.24, 2.45) is 5.92 Å². The molecule has 0 radical (unpaired) electrons. The average molecular weight is 199 g/mol. The number of carbonyl (C=O) groups is 1. The van der Waals surface area contributed by atoms with Crippen molar-refractivity contribution in [1.82, 2.24) is 5.32 Å². The number of rotatable bonds is 4. The third-order valence-electron chi connectivity index (χ3n) is 2.88. The second-order valence-corrected chi connectivity index (χ2v) is 4.56. The molecular weight excluding hydrogens is 178 g/mol. The number of ether oxygens (including phenoxy) is 1. The van der Waals surface area contributed by atoms with Crippen LogP contribution in [0.5, 0.6) is 0 Å². The molecule has 1 aliphatic carbocycles. The van der Waals surface area contributed by atoms with Crippen LogP contribution in [0.1, 0.15) is 39.5 Å². The first-order valence-electron chi connectivity index (χ1n) is 5.44.